The second kappa shape index (κ2) is 6.72. The number of amides is 1. The fraction of sp³-hybridized carbons (Fsp3) is 0.579. The number of hydrogen-bond donors (Lipinski definition) is 1. The van der Waals surface area contributed by atoms with Gasteiger partial charge in [0, 0.05) is 23.5 Å². The molecular weight excluding hydrogens is 382 g/mol. The van der Waals surface area contributed by atoms with E-state index in [1.54, 1.807) is 12.0 Å². The van der Waals surface area contributed by atoms with E-state index in [9.17, 15) is 4.79 Å². The quantitative estimate of drug-likeness (QED) is 0.814. The zero-order valence-corrected chi connectivity index (χ0v) is 16.8. The average molecular weight is 408 g/mol. The lowest BCUT2D eigenvalue weighted by Crippen LogP contribution is -2.48. The van der Waals surface area contributed by atoms with E-state index < -0.39 is 5.54 Å². The summed E-state index contributed by atoms with van der Waals surface area (Å²) < 4.78 is 6.36. The number of guanidine groups is 1. The Morgan fingerprint density at radius 1 is 1.44 bits per heavy atom. The van der Waals surface area contributed by atoms with Gasteiger partial charge >= 0.3 is 0 Å². The molecule has 1 aliphatic heterocycles. The van der Waals surface area contributed by atoms with Gasteiger partial charge in [-0.1, -0.05) is 22.0 Å². The van der Waals surface area contributed by atoms with Crippen molar-refractivity contribution in [2.24, 2.45) is 16.6 Å². The molecule has 0 saturated carbocycles. The van der Waals surface area contributed by atoms with Gasteiger partial charge in [0.25, 0.3) is 5.91 Å². The molecule has 0 bridgehead atoms. The van der Waals surface area contributed by atoms with Crippen LogP contribution in [0.1, 0.15) is 44.7 Å². The summed E-state index contributed by atoms with van der Waals surface area (Å²) in [5, 5.41) is 0. The molecule has 3 rings (SSSR count). The smallest absolute Gasteiger partial charge is 0.262 e. The van der Waals surface area contributed by atoms with Crippen LogP contribution in [0.2, 0.25) is 0 Å². The molecule has 1 spiro atoms. The SMILES string of the molecule is COC(C)CCC1Cc2ccc(Br)cc2C12N=C(N)N(C(C)C)C2=O. The fourth-order valence-corrected chi connectivity index (χ4v) is 4.45. The summed E-state index contributed by atoms with van der Waals surface area (Å²) in [5.41, 5.74) is 7.48. The maximum atomic E-state index is 13.5. The Labute approximate surface area is 157 Å². The molecule has 0 fully saturated rings. The predicted molar refractivity (Wildman–Crippen MR) is 102 cm³/mol. The Hall–Kier alpha value is -1.40. The summed E-state index contributed by atoms with van der Waals surface area (Å²) in [4.78, 5) is 19.9. The van der Waals surface area contributed by atoms with Gasteiger partial charge in [-0.25, -0.2) is 4.99 Å². The highest BCUT2D eigenvalue weighted by molar-refractivity contribution is 9.10. The van der Waals surface area contributed by atoms with Gasteiger partial charge in [0.05, 0.1) is 6.10 Å². The molecule has 2 N–H and O–H groups in total. The van der Waals surface area contributed by atoms with Crippen LogP contribution in [0.4, 0.5) is 0 Å². The zero-order valence-electron chi connectivity index (χ0n) is 15.3. The first-order valence-electron chi connectivity index (χ1n) is 8.82. The van der Waals surface area contributed by atoms with Crippen molar-refractivity contribution < 1.29 is 9.53 Å². The highest BCUT2D eigenvalue weighted by Gasteiger charge is 2.58. The van der Waals surface area contributed by atoms with E-state index >= 15 is 0 Å². The van der Waals surface area contributed by atoms with Gasteiger partial charge in [-0.2, -0.15) is 0 Å². The van der Waals surface area contributed by atoms with Crippen LogP contribution < -0.4 is 5.73 Å². The van der Waals surface area contributed by atoms with Gasteiger partial charge < -0.3 is 10.5 Å². The fourth-order valence-electron chi connectivity index (χ4n) is 4.09. The maximum Gasteiger partial charge on any atom is 0.262 e. The Bertz CT molecular complexity index is 719. The van der Waals surface area contributed by atoms with Crippen molar-refractivity contribution in [2.45, 2.75) is 57.7 Å². The lowest BCUT2D eigenvalue weighted by molar-refractivity contribution is -0.134. The molecular formula is C19H26BrN3O2. The van der Waals surface area contributed by atoms with E-state index in [1.165, 1.54) is 5.56 Å². The first-order valence-corrected chi connectivity index (χ1v) is 9.61. The molecule has 6 heteroatoms. The van der Waals surface area contributed by atoms with Crippen LogP contribution in [0.3, 0.4) is 0 Å². The largest absolute Gasteiger partial charge is 0.382 e. The Morgan fingerprint density at radius 2 is 2.16 bits per heavy atom. The van der Waals surface area contributed by atoms with Crippen molar-refractivity contribution >= 4 is 27.8 Å². The van der Waals surface area contributed by atoms with Crippen molar-refractivity contribution in [1.82, 2.24) is 4.90 Å². The number of methoxy groups -OCH3 is 1. The molecule has 0 saturated heterocycles. The molecule has 1 amide bonds. The summed E-state index contributed by atoms with van der Waals surface area (Å²) in [7, 11) is 1.72. The minimum absolute atomic E-state index is 0.00641. The summed E-state index contributed by atoms with van der Waals surface area (Å²) >= 11 is 3.54. The van der Waals surface area contributed by atoms with E-state index in [-0.39, 0.29) is 24.0 Å². The first kappa shape index (κ1) is 18.4. The Kier molecular flexibility index (Phi) is 4.95. The molecule has 1 aliphatic carbocycles. The van der Waals surface area contributed by atoms with Gasteiger partial charge in [-0.05, 0) is 63.3 Å². The highest BCUT2D eigenvalue weighted by Crippen LogP contribution is 2.51. The third-order valence-corrected chi connectivity index (χ3v) is 5.96. The highest BCUT2D eigenvalue weighted by atomic mass is 79.9. The van der Waals surface area contributed by atoms with Crippen molar-refractivity contribution in [1.29, 1.82) is 0 Å². The van der Waals surface area contributed by atoms with Crippen LogP contribution >= 0.6 is 15.9 Å². The minimum atomic E-state index is -0.888. The van der Waals surface area contributed by atoms with Gasteiger partial charge in [-0.15, -0.1) is 0 Å². The summed E-state index contributed by atoms with van der Waals surface area (Å²) in [6.45, 7) is 6.00. The molecule has 3 atom stereocenters. The van der Waals surface area contributed by atoms with E-state index in [1.807, 2.05) is 26.0 Å². The lowest BCUT2D eigenvalue weighted by atomic mass is 9.80. The van der Waals surface area contributed by atoms with Crippen LogP contribution in [0.25, 0.3) is 0 Å². The van der Waals surface area contributed by atoms with Gasteiger partial charge in [0.2, 0.25) is 0 Å². The van der Waals surface area contributed by atoms with Crippen molar-refractivity contribution in [2.75, 3.05) is 7.11 Å². The van der Waals surface area contributed by atoms with Gasteiger partial charge in [-0.3, -0.25) is 9.69 Å². The lowest BCUT2D eigenvalue weighted by Gasteiger charge is -2.30. The van der Waals surface area contributed by atoms with E-state index in [0.29, 0.717) is 5.96 Å². The van der Waals surface area contributed by atoms with Crippen LogP contribution in [0.15, 0.2) is 27.7 Å². The number of fused-ring (bicyclic) bond motifs is 2. The number of halogens is 1. The second-order valence-electron chi connectivity index (χ2n) is 7.33. The topological polar surface area (TPSA) is 67.9 Å². The summed E-state index contributed by atoms with van der Waals surface area (Å²) in [5.74, 6) is 0.439. The van der Waals surface area contributed by atoms with E-state index in [2.05, 4.69) is 28.9 Å². The van der Waals surface area contributed by atoms with E-state index in [0.717, 1.165) is 29.3 Å². The Morgan fingerprint density at radius 3 is 2.76 bits per heavy atom. The number of benzene rings is 1. The van der Waals surface area contributed by atoms with E-state index in [4.69, 9.17) is 15.5 Å². The molecule has 2 aliphatic rings. The first-order chi connectivity index (χ1) is 11.8. The van der Waals surface area contributed by atoms with Crippen LogP contribution in [0, 0.1) is 5.92 Å². The number of aliphatic imine (C=N–C) groups is 1. The monoisotopic (exact) mass is 407 g/mol. The summed E-state index contributed by atoms with van der Waals surface area (Å²) in [6.07, 6.45) is 2.76. The number of nitrogens with zero attached hydrogens (tertiary/aromatic N) is 2. The van der Waals surface area contributed by atoms with Crippen molar-refractivity contribution in [3.8, 4) is 0 Å². The third kappa shape index (κ3) is 2.89. The normalized spacial score (nSPS) is 26.5. The maximum absolute atomic E-state index is 13.5. The summed E-state index contributed by atoms with van der Waals surface area (Å²) in [6, 6.07) is 6.15. The second-order valence-corrected chi connectivity index (χ2v) is 8.25. The number of nitrogens with two attached hydrogens (primary N) is 1. The van der Waals surface area contributed by atoms with Crippen molar-refractivity contribution in [3.63, 3.8) is 0 Å². The molecule has 0 aromatic heterocycles. The molecule has 3 unspecified atom stereocenters. The third-order valence-electron chi connectivity index (χ3n) is 5.46. The van der Waals surface area contributed by atoms with Crippen molar-refractivity contribution in [3.05, 3.63) is 33.8 Å². The zero-order chi connectivity index (χ0) is 18.4. The number of carbonyl (C=O) groups is 1. The molecule has 1 aromatic rings. The molecule has 1 heterocycles. The van der Waals surface area contributed by atoms with Crippen LogP contribution in [-0.2, 0) is 21.5 Å². The minimum Gasteiger partial charge on any atom is -0.382 e. The average Bonchev–Trinajstić information content (AvgIpc) is 3.00. The van der Waals surface area contributed by atoms with Gasteiger partial charge in [0.15, 0.2) is 11.5 Å². The number of hydrogen-bond acceptors (Lipinski definition) is 4. The molecule has 136 valence electrons. The predicted octanol–water partition coefficient (Wildman–Crippen LogP) is 3.20. The number of carbonyl (C=O) groups excluding carboxylic acids is 1. The van der Waals surface area contributed by atoms with Gasteiger partial charge in [0.1, 0.15) is 0 Å². The molecule has 5 nitrogen and oxygen atoms in total. The van der Waals surface area contributed by atoms with Crippen LogP contribution in [0.5, 0.6) is 0 Å². The van der Waals surface area contributed by atoms with Crippen LogP contribution in [-0.4, -0.2) is 36.0 Å². The standard InChI is InChI=1S/C19H26BrN3O2/c1-11(2)23-17(24)19(22-18(23)21)14(7-5-12(3)25-4)9-13-6-8-15(20)10-16(13)19/h6,8,10-12,14H,5,7,9H2,1-4H3,(H2,21,22). The molecule has 1 aromatic carbocycles. The Balaban J connectivity index is 2.06. The molecule has 0 radical (unpaired) electrons. The molecule has 25 heavy (non-hydrogen) atoms. The number of rotatable bonds is 5. The number of ether oxygens (including phenoxy) is 1.